The fourth-order valence-corrected chi connectivity index (χ4v) is 7.22. The van der Waals surface area contributed by atoms with Crippen LogP contribution in [0.5, 0.6) is 0 Å². The van der Waals surface area contributed by atoms with Crippen molar-refractivity contribution in [2.75, 3.05) is 39.4 Å². The molecule has 0 bridgehead atoms. The van der Waals surface area contributed by atoms with Crippen LogP contribution in [-0.4, -0.2) is 73.1 Å². The lowest BCUT2D eigenvalue weighted by Gasteiger charge is -2.35. The number of hydrogen-bond acceptors (Lipinski definition) is 8. The van der Waals surface area contributed by atoms with Crippen molar-refractivity contribution < 1.29 is 22.5 Å². The van der Waals surface area contributed by atoms with Crippen LogP contribution in [0.1, 0.15) is 42.4 Å². The van der Waals surface area contributed by atoms with Gasteiger partial charge in [0.05, 0.1) is 28.9 Å². The van der Waals surface area contributed by atoms with Gasteiger partial charge in [-0.1, -0.05) is 5.16 Å². The van der Waals surface area contributed by atoms with Crippen molar-refractivity contribution in [2.24, 2.45) is 5.92 Å². The Morgan fingerprint density at radius 3 is 2.71 bits per heavy atom. The minimum atomic E-state index is -3.71. The molecule has 9 nitrogen and oxygen atoms in total. The number of nitrogens with zero attached hydrogens (tertiary/aromatic N) is 4. The summed E-state index contributed by atoms with van der Waals surface area (Å²) in [5.41, 5.74) is 0. The highest BCUT2D eigenvalue weighted by atomic mass is 32.2. The zero-order chi connectivity index (χ0) is 21.6. The van der Waals surface area contributed by atoms with E-state index in [1.54, 1.807) is 17.9 Å². The zero-order valence-electron chi connectivity index (χ0n) is 17.4. The van der Waals surface area contributed by atoms with Crippen LogP contribution in [0.2, 0.25) is 0 Å². The Morgan fingerprint density at radius 1 is 1.19 bits per heavy atom. The number of hydrogen-bond donors (Lipinski definition) is 0. The number of amides is 1. The van der Waals surface area contributed by atoms with Crippen LogP contribution in [0.25, 0.3) is 10.7 Å². The van der Waals surface area contributed by atoms with Crippen molar-refractivity contribution in [2.45, 2.75) is 43.4 Å². The minimum Gasteiger partial charge on any atom is -0.378 e. The van der Waals surface area contributed by atoms with Crippen molar-refractivity contribution in [1.29, 1.82) is 0 Å². The van der Waals surface area contributed by atoms with E-state index in [-0.39, 0.29) is 23.3 Å². The van der Waals surface area contributed by atoms with Gasteiger partial charge in [-0.05, 0) is 38.7 Å². The van der Waals surface area contributed by atoms with Gasteiger partial charge in [-0.3, -0.25) is 4.79 Å². The number of aromatic nitrogens is 2. The van der Waals surface area contributed by atoms with Gasteiger partial charge in [-0.2, -0.15) is 9.29 Å². The van der Waals surface area contributed by atoms with Gasteiger partial charge in [0.1, 0.15) is 0 Å². The van der Waals surface area contributed by atoms with Crippen LogP contribution in [0, 0.1) is 12.8 Å². The van der Waals surface area contributed by atoms with Crippen molar-refractivity contribution in [1.82, 2.24) is 19.3 Å². The number of rotatable bonds is 5. The number of piperidine rings is 1. The summed E-state index contributed by atoms with van der Waals surface area (Å²) in [6, 6.07) is 1.64. The highest BCUT2D eigenvalue weighted by Gasteiger charge is 2.37. The van der Waals surface area contributed by atoms with E-state index in [2.05, 4.69) is 10.1 Å². The van der Waals surface area contributed by atoms with Gasteiger partial charge in [-0.15, -0.1) is 11.3 Å². The van der Waals surface area contributed by atoms with Crippen LogP contribution in [0.15, 0.2) is 15.5 Å². The second-order valence-electron chi connectivity index (χ2n) is 8.40. The Morgan fingerprint density at radius 2 is 1.97 bits per heavy atom. The van der Waals surface area contributed by atoms with E-state index in [0.717, 1.165) is 12.8 Å². The summed E-state index contributed by atoms with van der Waals surface area (Å²) in [6.45, 7) is 4.66. The number of thiophene rings is 1. The summed E-state index contributed by atoms with van der Waals surface area (Å²) in [5.74, 6) is 1.14. The predicted molar refractivity (Wildman–Crippen MR) is 113 cm³/mol. The Labute approximate surface area is 185 Å². The molecule has 1 unspecified atom stereocenters. The molecule has 1 aliphatic carbocycles. The number of carbonyl (C=O) groups is 1. The third kappa shape index (κ3) is 4.15. The van der Waals surface area contributed by atoms with E-state index in [1.807, 2.05) is 0 Å². The monoisotopic (exact) mass is 466 g/mol. The Hall–Kier alpha value is -1.82. The molecule has 1 amide bonds. The van der Waals surface area contributed by atoms with Crippen molar-refractivity contribution in [3.63, 3.8) is 0 Å². The van der Waals surface area contributed by atoms with Gasteiger partial charge in [0.2, 0.25) is 27.6 Å². The summed E-state index contributed by atoms with van der Waals surface area (Å²) >= 11 is 1.35. The molecule has 3 aliphatic rings. The Bertz CT molecular complexity index is 1070. The molecule has 1 atom stereocenters. The molecular weight excluding hydrogens is 440 g/mol. The molecular formula is C20H26N4O5S2. The van der Waals surface area contributed by atoms with E-state index in [9.17, 15) is 13.2 Å². The standard InChI is InChI=1S/C20H26N4O5S2/c1-13-17(11-16(30-13)18-21-19(29-22-18)14-4-5-14)31(26,27)24-6-2-3-15(12-24)20(25)23-7-9-28-10-8-23/h11,14-15H,2-10,12H2,1H3. The van der Waals surface area contributed by atoms with Crippen molar-refractivity contribution >= 4 is 27.3 Å². The molecule has 4 heterocycles. The summed E-state index contributed by atoms with van der Waals surface area (Å²) in [4.78, 5) is 20.8. The molecule has 0 N–H and O–H groups in total. The summed E-state index contributed by atoms with van der Waals surface area (Å²) in [5, 5.41) is 4.04. The van der Waals surface area contributed by atoms with Crippen LogP contribution >= 0.6 is 11.3 Å². The molecule has 168 valence electrons. The fourth-order valence-electron chi connectivity index (χ4n) is 4.21. The zero-order valence-corrected chi connectivity index (χ0v) is 19.1. The molecule has 5 rings (SSSR count). The summed E-state index contributed by atoms with van der Waals surface area (Å²) < 4.78 is 39.0. The summed E-state index contributed by atoms with van der Waals surface area (Å²) in [6.07, 6.45) is 3.50. The third-order valence-corrected chi connectivity index (χ3v) is 9.30. The number of carbonyl (C=O) groups excluding carboxylic acids is 1. The number of morpholine rings is 1. The lowest BCUT2D eigenvalue weighted by atomic mass is 9.98. The highest BCUT2D eigenvalue weighted by molar-refractivity contribution is 7.89. The van der Waals surface area contributed by atoms with Crippen LogP contribution in [0.3, 0.4) is 0 Å². The van der Waals surface area contributed by atoms with E-state index in [4.69, 9.17) is 9.26 Å². The van der Waals surface area contributed by atoms with Crippen LogP contribution in [-0.2, 0) is 19.6 Å². The molecule has 1 saturated carbocycles. The maximum Gasteiger partial charge on any atom is 0.244 e. The Balaban J connectivity index is 1.34. The maximum atomic E-state index is 13.4. The SMILES string of the molecule is Cc1sc(-c2noc(C3CC3)n2)cc1S(=O)(=O)N1CCCC(C(=O)N2CCOCC2)C1. The molecule has 2 aromatic heterocycles. The van der Waals surface area contributed by atoms with Gasteiger partial charge < -0.3 is 14.2 Å². The molecule has 2 aliphatic heterocycles. The van der Waals surface area contributed by atoms with Crippen molar-refractivity contribution in [3.05, 3.63) is 16.8 Å². The van der Waals surface area contributed by atoms with E-state index < -0.39 is 10.0 Å². The Kier molecular flexibility index (Phi) is 5.61. The predicted octanol–water partition coefficient (Wildman–Crippen LogP) is 2.24. The maximum absolute atomic E-state index is 13.4. The lowest BCUT2D eigenvalue weighted by Crippen LogP contribution is -2.49. The molecule has 0 radical (unpaired) electrons. The largest absolute Gasteiger partial charge is 0.378 e. The molecule has 11 heteroatoms. The van der Waals surface area contributed by atoms with Gasteiger partial charge in [0.15, 0.2) is 0 Å². The molecule has 2 aromatic rings. The topological polar surface area (TPSA) is 106 Å². The van der Waals surface area contributed by atoms with E-state index >= 15 is 0 Å². The minimum absolute atomic E-state index is 0.0327. The second kappa shape index (κ2) is 8.27. The first-order chi connectivity index (χ1) is 14.9. The van der Waals surface area contributed by atoms with Crippen molar-refractivity contribution in [3.8, 4) is 10.7 Å². The lowest BCUT2D eigenvalue weighted by molar-refractivity contribution is -0.140. The van der Waals surface area contributed by atoms with Gasteiger partial charge in [-0.25, -0.2) is 8.42 Å². The molecule has 31 heavy (non-hydrogen) atoms. The van der Waals surface area contributed by atoms with E-state index in [1.165, 1.54) is 15.6 Å². The fraction of sp³-hybridized carbons (Fsp3) is 0.650. The molecule has 0 spiro atoms. The van der Waals surface area contributed by atoms with Gasteiger partial charge in [0.25, 0.3) is 0 Å². The second-order valence-corrected chi connectivity index (χ2v) is 11.6. The van der Waals surface area contributed by atoms with Crippen LogP contribution in [0.4, 0.5) is 0 Å². The number of ether oxygens (including phenoxy) is 1. The summed E-state index contributed by atoms with van der Waals surface area (Å²) in [7, 11) is -3.71. The van der Waals surface area contributed by atoms with Crippen LogP contribution < -0.4 is 0 Å². The normalized spacial score (nSPS) is 23.3. The van der Waals surface area contributed by atoms with Gasteiger partial charge in [0, 0.05) is 37.0 Å². The first-order valence-corrected chi connectivity index (χ1v) is 13.0. The molecule has 3 fully saturated rings. The van der Waals surface area contributed by atoms with E-state index in [0.29, 0.717) is 73.1 Å². The molecule has 2 saturated heterocycles. The average Bonchev–Trinajstić information content (AvgIpc) is 3.38. The highest BCUT2D eigenvalue weighted by Crippen LogP contribution is 2.41. The quantitative estimate of drug-likeness (QED) is 0.665. The number of aryl methyl sites for hydroxylation is 1. The first-order valence-electron chi connectivity index (χ1n) is 10.7. The first kappa shape index (κ1) is 21.0. The van der Waals surface area contributed by atoms with Gasteiger partial charge >= 0.3 is 0 Å². The third-order valence-electron chi connectivity index (χ3n) is 6.13. The average molecular weight is 467 g/mol. The smallest absolute Gasteiger partial charge is 0.244 e. The molecule has 0 aromatic carbocycles. The number of sulfonamides is 1.